The molecule has 3 heterocycles. The molecular weight excluding hydrogens is 544 g/mol. The molecule has 0 aromatic carbocycles. The summed E-state index contributed by atoms with van der Waals surface area (Å²) in [7, 11) is 0. The first kappa shape index (κ1) is 29.5. The molecule has 3 aliphatic rings. The summed E-state index contributed by atoms with van der Waals surface area (Å²) in [5.41, 5.74) is 0.151. The van der Waals surface area contributed by atoms with E-state index in [2.05, 4.69) is 27.0 Å². The maximum absolute atomic E-state index is 11.3. The fourth-order valence-electron chi connectivity index (χ4n) is 5.63. The second kappa shape index (κ2) is 12.9. The Morgan fingerprint density at radius 1 is 1.20 bits per heavy atom. The Morgan fingerprint density at radius 3 is 2.61 bits per heavy atom. The molecule has 0 bridgehead atoms. The Labute approximate surface area is 246 Å². The predicted molar refractivity (Wildman–Crippen MR) is 157 cm³/mol. The molecule has 2 aliphatic carbocycles. The van der Waals surface area contributed by atoms with Crippen molar-refractivity contribution < 1.29 is 19.4 Å². The van der Waals surface area contributed by atoms with Gasteiger partial charge in [0.2, 0.25) is 0 Å². The van der Waals surface area contributed by atoms with Crippen LogP contribution in [0.4, 0.5) is 11.6 Å². The summed E-state index contributed by atoms with van der Waals surface area (Å²) in [4.78, 5) is 20.6. The van der Waals surface area contributed by atoms with E-state index in [0.717, 1.165) is 42.8 Å². The van der Waals surface area contributed by atoms with Crippen molar-refractivity contribution in [1.82, 2.24) is 15.3 Å². The second-order valence-corrected chi connectivity index (χ2v) is 12.1. The minimum absolute atomic E-state index is 0.0988. The molecule has 0 spiro atoms. The maximum Gasteiger partial charge on any atom is 0.335 e. The monoisotopic (exact) mass is 582 g/mol. The van der Waals surface area contributed by atoms with E-state index in [9.17, 15) is 15.2 Å². The van der Waals surface area contributed by atoms with E-state index in [1.165, 1.54) is 0 Å². The van der Waals surface area contributed by atoms with Crippen molar-refractivity contribution in [3.63, 3.8) is 0 Å². The second-order valence-electron chi connectivity index (χ2n) is 11.7. The van der Waals surface area contributed by atoms with Crippen LogP contribution in [0.25, 0.3) is 11.3 Å². The molecule has 1 aliphatic heterocycles. The summed E-state index contributed by atoms with van der Waals surface area (Å²) in [6.07, 6.45) is 8.29. The fourth-order valence-corrected chi connectivity index (χ4v) is 5.83. The lowest BCUT2D eigenvalue weighted by molar-refractivity contribution is -0.154. The number of carbonyl (C=O) groups is 1. The number of pyridine rings is 2. The maximum atomic E-state index is 11.3. The molecule has 220 valence electrons. The van der Waals surface area contributed by atoms with Crippen LogP contribution in [0, 0.1) is 16.7 Å². The molecule has 11 heteroatoms. The van der Waals surface area contributed by atoms with Crippen molar-refractivity contribution in [1.29, 1.82) is 5.26 Å². The summed E-state index contributed by atoms with van der Waals surface area (Å²) in [5.74, 6) is 0.609. The topological polar surface area (TPSA) is 141 Å². The minimum Gasteiger partial charge on any atom is -0.479 e. The molecule has 4 N–H and O–H groups in total. The summed E-state index contributed by atoms with van der Waals surface area (Å²) in [5, 5.41) is 30.1. The Morgan fingerprint density at radius 2 is 1.93 bits per heavy atom. The number of nitrogens with zero attached hydrogens (tertiary/aromatic N) is 3. The number of nitriles is 1. The number of carboxylic acid groups (broad SMARTS) is 1. The number of rotatable bonds is 12. The molecule has 2 aromatic rings. The molecular formula is C30H39ClN6O4. The molecule has 1 atom stereocenters. The lowest BCUT2D eigenvalue weighted by atomic mass is 9.82. The van der Waals surface area contributed by atoms with E-state index >= 15 is 0 Å². The van der Waals surface area contributed by atoms with Gasteiger partial charge in [-0.25, -0.2) is 14.8 Å². The van der Waals surface area contributed by atoms with Crippen LogP contribution in [0.3, 0.4) is 0 Å². The molecule has 3 fully saturated rings. The molecule has 2 saturated carbocycles. The van der Waals surface area contributed by atoms with Crippen LogP contribution >= 0.6 is 11.6 Å². The van der Waals surface area contributed by atoms with Crippen LogP contribution in [0.15, 0.2) is 30.5 Å². The number of aromatic nitrogens is 2. The summed E-state index contributed by atoms with van der Waals surface area (Å²) in [6.45, 7) is 4.18. The fraction of sp³-hybridized carbons (Fsp3) is 0.600. The third-order valence-corrected chi connectivity index (χ3v) is 8.78. The number of halogens is 1. The first-order chi connectivity index (χ1) is 19.8. The minimum atomic E-state index is -0.944. The Kier molecular flexibility index (Phi) is 9.29. The standard InChI is InChI=1S/C30H39ClN6O4/c1-20(17-41-30(9-10-30)28(38)39)35-21-5-7-22(8-6-21)36-27-15-23(24(31)16-33-27)25-3-2-4-26(37-25)34-19-29(18-32)11-13-40-14-12-29/h2-4,15-16,20-22,35H,5-14,17,19H2,1H3,(H,33,36)(H,34,37)(H,38,39)/t20-,21?,22?/m1/s1. The zero-order valence-electron chi connectivity index (χ0n) is 23.5. The van der Waals surface area contributed by atoms with Crippen molar-refractivity contribution in [2.24, 2.45) is 5.41 Å². The van der Waals surface area contributed by atoms with Gasteiger partial charge in [-0.3, -0.25) is 0 Å². The molecule has 1 saturated heterocycles. The zero-order chi connectivity index (χ0) is 28.9. The van der Waals surface area contributed by atoms with Crippen molar-refractivity contribution >= 4 is 29.2 Å². The van der Waals surface area contributed by atoms with Gasteiger partial charge in [-0.1, -0.05) is 17.7 Å². The molecule has 10 nitrogen and oxygen atoms in total. The largest absolute Gasteiger partial charge is 0.479 e. The van der Waals surface area contributed by atoms with Crippen molar-refractivity contribution in [2.45, 2.75) is 82.0 Å². The van der Waals surface area contributed by atoms with Gasteiger partial charge in [0.15, 0.2) is 5.60 Å². The van der Waals surface area contributed by atoms with Gasteiger partial charge in [0, 0.05) is 49.6 Å². The SMILES string of the molecule is C[C@H](COC1(C(=O)O)CC1)NC1CCC(Nc2cc(-c3cccc(NCC4(C#N)CCOCC4)n3)c(Cl)cn2)CC1. The van der Waals surface area contributed by atoms with Gasteiger partial charge < -0.3 is 30.5 Å². The highest BCUT2D eigenvalue weighted by atomic mass is 35.5. The highest BCUT2D eigenvalue weighted by molar-refractivity contribution is 6.33. The zero-order valence-corrected chi connectivity index (χ0v) is 24.3. The smallest absolute Gasteiger partial charge is 0.335 e. The summed E-state index contributed by atoms with van der Waals surface area (Å²) < 4.78 is 11.1. The van der Waals surface area contributed by atoms with Crippen LogP contribution in [-0.4, -0.2) is 71.1 Å². The number of aliphatic carboxylic acids is 1. The highest BCUT2D eigenvalue weighted by Gasteiger charge is 2.52. The van der Waals surface area contributed by atoms with Gasteiger partial charge in [0.25, 0.3) is 0 Å². The van der Waals surface area contributed by atoms with Crippen molar-refractivity contribution in [2.75, 3.05) is 37.0 Å². The van der Waals surface area contributed by atoms with Gasteiger partial charge in [0.05, 0.1) is 28.8 Å². The molecule has 0 radical (unpaired) electrons. The molecule has 2 aromatic heterocycles. The van der Waals surface area contributed by atoms with E-state index in [0.29, 0.717) is 75.0 Å². The summed E-state index contributed by atoms with van der Waals surface area (Å²) >= 11 is 6.55. The van der Waals surface area contributed by atoms with Crippen LogP contribution in [-0.2, 0) is 14.3 Å². The van der Waals surface area contributed by atoms with Gasteiger partial charge in [-0.15, -0.1) is 0 Å². The first-order valence-corrected chi connectivity index (χ1v) is 14.9. The average Bonchev–Trinajstić information content (AvgIpc) is 3.79. The number of hydrogen-bond donors (Lipinski definition) is 4. The van der Waals surface area contributed by atoms with Gasteiger partial charge in [-0.2, -0.15) is 5.26 Å². The number of anilines is 2. The lowest BCUT2D eigenvalue weighted by Gasteiger charge is -2.32. The average molecular weight is 583 g/mol. The van der Waals surface area contributed by atoms with Crippen molar-refractivity contribution in [3.8, 4) is 17.3 Å². The van der Waals surface area contributed by atoms with Gasteiger partial charge in [0.1, 0.15) is 11.6 Å². The first-order valence-electron chi connectivity index (χ1n) is 14.6. The van der Waals surface area contributed by atoms with Crippen molar-refractivity contribution in [3.05, 3.63) is 35.5 Å². The Hall–Kier alpha value is -2.97. The summed E-state index contributed by atoms with van der Waals surface area (Å²) in [6, 6.07) is 11.0. The van der Waals surface area contributed by atoms with Gasteiger partial charge >= 0.3 is 5.97 Å². The third-order valence-electron chi connectivity index (χ3n) is 8.48. The van der Waals surface area contributed by atoms with Crippen LogP contribution in [0.1, 0.15) is 58.3 Å². The normalized spacial score (nSPS) is 23.6. The molecule has 5 rings (SSSR count). The Bertz CT molecular complexity index is 1250. The van der Waals surface area contributed by atoms with E-state index in [4.69, 9.17) is 26.1 Å². The van der Waals surface area contributed by atoms with E-state index in [-0.39, 0.29) is 6.04 Å². The quantitative estimate of drug-likeness (QED) is 0.274. The predicted octanol–water partition coefficient (Wildman–Crippen LogP) is 4.86. The van der Waals surface area contributed by atoms with Crippen LogP contribution in [0.2, 0.25) is 5.02 Å². The Balaban J connectivity index is 1.13. The van der Waals surface area contributed by atoms with E-state index in [1.807, 2.05) is 31.2 Å². The van der Waals surface area contributed by atoms with Crippen LogP contribution in [0.5, 0.6) is 0 Å². The van der Waals surface area contributed by atoms with Crippen LogP contribution < -0.4 is 16.0 Å². The number of hydrogen-bond acceptors (Lipinski definition) is 9. The number of carboxylic acids is 1. The van der Waals surface area contributed by atoms with Gasteiger partial charge in [-0.05, 0) is 76.5 Å². The molecule has 41 heavy (non-hydrogen) atoms. The van der Waals surface area contributed by atoms with E-state index < -0.39 is 17.0 Å². The molecule has 0 amide bonds. The number of ether oxygens (including phenoxy) is 2. The molecule has 0 unspecified atom stereocenters. The lowest BCUT2D eigenvalue weighted by Crippen LogP contribution is -2.44. The number of nitrogens with one attached hydrogen (secondary N) is 3. The third kappa shape index (κ3) is 7.46. The van der Waals surface area contributed by atoms with E-state index in [1.54, 1.807) is 6.20 Å². The highest BCUT2D eigenvalue weighted by Crippen LogP contribution is 2.40.